The zero-order chi connectivity index (χ0) is 30.2. The first-order valence-corrected chi connectivity index (χ1v) is 15.8. The molecule has 46 heavy (non-hydrogen) atoms. The Labute approximate surface area is 265 Å². The summed E-state index contributed by atoms with van der Waals surface area (Å²) in [6, 6.07) is 59.0. The minimum Gasteiger partial charge on any atom is -0.456 e. The number of para-hydroxylation sites is 3. The normalized spacial score (nSPS) is 11.9. The van der Waals surface area contributed by atoms with Gasteiger partial charge in [0.1, 0.15) is 11.2 Å². The van der Waals surface area contributed by atoms with Crippen molar-refractivity contribution >= 4 is 65.3 Å². The van der Waals surface area contributed by atoms with E-state index in [1.54, 1.807) is 0 Å². The number of benzene rings is 8. The van der Waals surface area contributed by atoms with Crippen LogP contribution in [0.15, 0.2) is 168 Å². The molecule has 0 N–H and O–H groups in total. The third kappa shape index (κ3) is 3.59. The molecule has 214 valence electrons. The lowest BCUT2D eigenvalue weighted by Gasteiger charge is -2.18. The molecule has 2 aromatic heterocycles. The summed E-state index contributed by atoms with van der Waals surface area (Å²) in [5.74, 6) is 0. The molecule has 0 amide bonds. The summed E-state index contributed by atoms with van der Waals surface area (Å²) in [5, 5.41) is 9.80. The van der Waals surface area contributed by atoms with Gasteiger partial charge in [0, 0.05) is 27.2 Å². The summed E-state index contributed by atoms with van der Waals surface area (Å²) in [5.41, 5.74) is 10.3. The molecule has 0 saturated carbocycles. The van der Waals surface area contributed by atoms with Crippen LogP contribution >= 0.6 is 0 Å². The molecule has 8 aromatic carbocycles. The van der Waals surface area contributed by atoms with Gasteiger partial charge in [-0.3, -0.25) is 0 Å². The van der Waals surface area contributed by atoms with Crippen LogP contribution in [0.4, 0.5) is 0 Å². The summed E-state index contributed by atoms with van der Waals surface area (Å²) in [7, 11) is 0. The predicted octanol–water partition coefficient (Wildman–Crippen LogP) is 12.3. The average molecular weight is 586 g/mol. The molecule has 0 aliphatic rings. The first-order chi connectivity index (χ1) is 22.8. The van der Waals surface area contributed by atoms with Crippen molar-refractivity contribution in [3.8, 4) is 27.9 Å². The Kier molecular flexibility index (Phi) is 5.31. The molecule has 0 unspecified atom stereocenters. The highest BCUT2D eigenvalue weighted by atomic mass is 16.3. The molecule has 0 saturated heterocycles. The maximum Gasteiger partial charge on any atom is 0.136 e. The molecule has 0 aliphatic heterocycles. The highest BCUT2D eigenvalue weighted by molar-refractivity contribution is 6.22. The molecule has 2 nitrogen and oxygen atoms in total. The van der Waals surface area contributed by atoms with Crippen LogP contribution in [0, 0.1) is 0 Å². The SMILES string of the molecule is c1ccc2c(c1)oc1cc(-c3c4ccccc4c(-c4ccc(-n5c6ccccc6c6ccccc65)cc4)c4ccccc34)ccc12. The Hall–Kier alpha value is -6.12. The highest BCUT2D eigenvalue weighted by Gasteiger charge is 2.18. The molecule has 10 rings (SSSR count). The van der Waals surface area contributed by atoms with Crippen LogP contribution < -0.4 is 0 Å². The van der Waals surface area contributed by atoms with Crippen LogP contribution in [0.3, 0.4) is 0 Å². The van der Waals surface area contributed by atoms with Gasteiger partial charge in [-0.15, -0.1) is 0 Å². The zero-order valence-electron chi connectivity index (χ0n) is 24.9. The Balaban J connectivity index is 1.19. The standard InChI is InChI=1S/C44H27NO/c1-3-16-37-35(14-1)43(28-21-24-30(25-22-28)45-39-18-8-5-11-31(39)32-12-6-9-19-40(32)45)36-15-2-4-17-38(36)44(37)29-23-26-34-33-13-7-10-20-41(33)46-42(34)27-29/h1-27H. The van der Waals surface area contributed by atoms with E-state index in [1.165, 1.54) is 60.0 Å². The van der Waals surface area contributed by atoms with E-state index in [9.17, 15) is 0 Å². The Morgan fingerprint density at radius 2 is 0.761 bits per heavy atom. The van der Waals surface area contributed by atoms with Crippen molar-refractivity contribution < 1.29 is 4.42 Å². The lowest BCUT2D eigenvalue weighted by Crippen LogP contribution is -1.94. The molecule has 10 aromatic rings. The van der Waals surface area contributed by atoms with Crippen molar-refractivity contribution in [1.29, 1.82) is 0 Å². The maximum absolute atomic E-state index is 6.33. The Morgan fingerprint density at radius 1 is 0.326 bits per heavy atom. The summed E-state index contributed by atoms with van der Waals surface area (Å²) < 4.78 is 8.70. The van der Waals surface area contributed by atoms with E-state index in [2.05, 4.69) is 156 Å². The summed E-state index contributed by atoms with van der Waals surface area (Å²) >= 11 is 0. The van der Waals surface area contributed by atoms with Crippen molar-refractivity contribution in [1.82, 2.24) is 4.57 Å². The third-order valence-corrected chi connectivity index (χ3v) is 9.59. The molecular weight excluding hydrogens is 558 g/mol. The first-order valence-electron chi connectivity index (χ1n) is 15.8. The van der Waals surface area contributed by atoms with Crippen molar-refractivity contribution in [3.05, 3.63) is 164 Å². The van der Waals surface area contributed by atoms with E-state index < -0.39 is 0 Å². The number of hydrogen-bond acceptors (Lipinski definition) is 1. The molecule has 0 radical (unpaired) electrons. The van der Waals surface area contributed by atoms with Crippen molar-refractivity contribution in [3.63, 3.8) is 0 Å². The van der Waals surface area contributed by atoms with Crippen LogP contribution in [0.25, 0.3) is 93.2 Å². The number of nitrogens with zero attached hydrogens (tertiary/aromatic N) is 1. The molecular formula is C44H27NO. The van der Waals surface area contributed by atoms with E-state index in [0.717, 1.165) is 33.2 Å². The number of hydrogen-bond donors (Lipinski definition) is 0. The quantitative estimate of drug-likeness (QED) is 0.189. The van der Waals surface area contributed by atoms with Gasteiger partial charge in [0.2, 0.25) is 0 Å². The molecule has 0 bridgehead atoms. The van der Waals surface area contributed by atoms with E-state index >= 15 is 0 Å². The summed E-state index contributed by atoms with van der Waals surface area (Å²) in [6.45, 7) is 0. The van der Waals surface area contributed by atoms with Gasteiger partial charge >= 0.3 is 0 Å². The van der Waals surface area contributed by atoms with E-state index in [4.69, 9.17) is 4.42 Å². The van der Waals surface area contributed by atoms with Gasteiger partial charge in [0.05, 0.1) is 11.0 Å². The van der Waals surface area contributed by atoms with E-state index in [-0.39, 0.29) is 0 Å². The minimum atomic E-state index is 0.914. The number of rotatable bonds is 3. The largest absolute Gasteiger partial charge is 0.456 e. The first kappa shape index (κ1) is 25.2. The fourth-order valence-electron chi connectivity index (χ4n) is 7.61. The second kappa shape index (κ2) is 9.69. The summed E-state index contributed by atoms with van der Waals surface area (Å²) in [6.07, 6.45) is 0. The monoisotopic (exact) mass is 585 g/mol. The van der Waals surface area contributed by atoms with Gasteiger partial charge in [-0.25, -0.2) is 0 Å². The Morgan fingerprint density at radius 3 is 1.35 bits per heavy atom. The second-order valence-electron chi connectivity index (χ2n) is 12.1. The van der Waals surface area contributed by atoms with Crippen molar-refractivity contribution in [2.45, 2.75) is 0 Å². The van der Waals surface area contributed by atoms with E-state index in [1.807, 2.05) is 12.1 Å². The lowest BCUT2D eigenvalue weighted by atomic mass is 9.86. The molecule has 0 fully saturated rings. The van der Waals surface area contributed by atoms with Gasteiger partial charge in [-0.2, -0.15) is 0 Å². The fourth-order valence-corrected chi connectivity index (χ4v) is 7.61. The van der Waals surface area contributed by atoms with Gasteiger partial charge in [-0.1, -0.05) is 121 Å². The maximum atomic E-state index is 6.33. The molecule has 0 atom stereocenters. The molecule has 0 aliphatic carbocycles. The Bertz CT molecular complexity index is 2690. The van der Waals surface area contributed by atoms with Crippen LogP contribution in [0.1, 0.15) is 0 Å². The van der Waals surface area contributed by atoms with Gasteiger partial charge in [0.25, 0.3) is 0 Å². The van der Waals surface area contributed by atoms with Crippen LogP contribution in [0.2, 0.25) is 0 Å². The lowest BCUT2D eigenvalue weighted by molar-refractivity contribution is 0.669. The number of furan rings is 1. The van der Waals surface area contributed by atoms with Crippen molar-refractivity contribution in [2.24, 2.45) is 0 Å². The number of fused-ring (bicyclic) bond motifs is 8. The molecule has 2 heterocycles. The minimum absolute atomic E-state index is 0.914. The smallest absolute Gasteiger partial charge is 0.136 e. The van der Waals surface area contributed by atoms with Crippen LogP contribution in [-0.4, -0.2) is 4.57 Å². The predicted molar refractivity (Wildman–Crippen MR) is 194 cm³/mol. The fraction of sp³-hybridized carbons (Fsp3) is 0. The van der Waals surface area contributed by atoms with Gasteiger partial charge in [-0.05, 0) is 86.3 Å². The van der Waals surface area contributed by atoms with Crippen molar-refractivity contribution in [2.75, 3.05) is 0 Å². The van der Waals surface area contributed by atoms with E-state index in [0.29, 0.717) is 0 Å². The van der Waals surface area contributed by atoms with Crippen LogP contribution in [-0.2, 0) is 0 Å². The molecule has 0 spiro atoms. The highest BCUT2D eigenvalue weighted by Crippen LogP contribution is 2.45. The van der Waals surface area contributed by atoms with Gasteiger partial charge in [0.15, 0.2) is 0 Å². The average Bonchev–Trinajstić information content (AvgIpc) is 3.66. The second-order valence-corrected chi connectivity index (χ2v) is 12.1. The third-order valence-electron chi connectivity index (χ3n) is 9.59. The molecule has 2 heteroatoms. The number of aromatic nitrogens is 1. The van der Waals surface area contributed by atoms with Crippen LogP contribution in [0.5, 0.6) is 0 Å². The zero-order valence-corrected chi connectivity index (χ0v) is 24.9. The topological polar surface area (TPSA) is 18.1 Å². The summed E-state index contributed by atoms with van der Waals surface area (Å²) in [4.78, 5) is 0. The van der Waals surface area contributed by atoms with Gasteiger partial charge < -0.3 is 8.98 Å².